The van der Waals surface area contributed by atoms with E-state index in [9.17, 15) is 19.7 Å². The van der Waals surface area contributed by atoms with Gasteiger partial charge in [-0.05, 0) is 22.9 Å². The molecule has 1 aliphatic rings. The third kappa shape index (κ3) is 3.86. The smallest absolute Gasteiger partial charge is 0.366 e. The molecule has 140 valence electrons. The van der Waals surface area contributed by atoms with Crippen molar-refractivity contribution in [2.45, 2.75) is 19.4 Å². The van der Waals surface area contributed by atoms with E-state index in [0.29, 0.717) is 5.56 Å². The van der Waals surface area contributed by atoms with Crippen molar-refractivity contribution in [3.63, 3.8) is 0 Å². The number of hydrogen-bond donors (Lipinski definition) is 0. The van der Waals surface area contributed by atoms with Gasteiger partial charge in [0.2, 0.25) is 6.10 Å². The highest BCUT2D eigenvalue weighted by atomic mass is 16.6. The number of hydrogen-bond acceptors (Lipinski definition) is 7. The Labute approximate surface area is 154 Å². The number of pyridine rings is 1. The summed E-state index contributed by atoms with van der Waals surface area (Å²) < 4.78 is 10.6. The van der Waals surface area contributed by atoms with Gasteiger partial charge in [0.05, 0.1) is 13.0 Å². The molecule has 9 heteroatoms. The molecule has 0 saturated carbocycles. The van der Waals surface area contributed by atoms with E-state index in [-0.39, 0.29) is 31.1 Å². The van der Waals surface area contributed by atoms with Gasteiger partial charge in [0.15, 0.2) is 5.75 Å². The first-order valence-corrected chi connectivity index (χ1v) is 8.35. The fourth-order valence-electron chi connectivity index (χ4n) is 2.73. The summed E-state index contributed by atoms with van der Waals surface area (Å²) in [5.41, 5.74) is 0.632. The van der Waals surface area contributed by atoms with Gasteiger partial charge in [0.25, 0.3) is 11.7 Å². The number of fused-ring (bicyclic) bond motifs is 1. The van der Waals surface area contributed by atoms with Crippen molar-refractivity contribution in [3.05, 3.63) is 58.1 Å². The second kappa shape index (κ2) is 7.81. The third-order valence-corrected chi connectivity index (χ3v) is 3.95. The minimum Gasteiger partial charge on any atom is -0.469 e. The highest BCUT2D eigenvalue weighted by molar-refractivity contribution is 6.00. The number of esters is 1. The molecule has 0 radical (unpaired) electrons. The molecule has 9 nitrogen and oxygen atoms in total. The summed E-state index contributed by atoms with van der Waals surface area (Å²) in [5, 5.41) is 11.0. The van der Waals surface area contributed by atoms with E-state index < -0.39 is 28.7 Å². The Kier molecular flexibility index (Phi) is 5.30. The normalized spacial score (nSPS) is 15.7. The van der Waals surface area contributed by atoms with Crippen molar-refractivity contribution in [2.24, 2.45) is 0 Å². The highest BCUT2D eigenvalue weighted by Crippen LogP contribution is 2.38. The van der Waals surface area contributed by atoms with Gasteiger partial charge < -0.3 is 19.6 Å². The van der Waals surface area contributed by atoms with Crippen LogP contribution in [0, 0.1) is 10.1 Å². The summed E-state index contributed by atoms with van der Waals surface area (Å²) in [5.74, 6) is -1.08. The van der Waals surface area contributed by atoms with E-state index >= 15 is 0 Å². The van der Waals surface area contributed by atoms with Crippen LogP contribution in [0.2, 0.25) is 0 Å². The summed E-state index contributed by atoms with van der Waals surface area (Å²) in [7, 11) is 0. The molecule has 0 bridgehead atoms. The van der Waals surface area contributed by atoms with Crippen LogP contribution in [0.1, 0.15) is 25.0 Å². The zero-order valence-corrected chi connectivity index (χ0v) is 14.5. The maximum absolute atomic E-state index is 13.0. The summed E-state index contributed by atoms with van der Waals surface area (Å²) in [6.07, 6.45) is -0.991. The minimum atomic E-state index is -0.927. The third-order valence-electron chi connectivity index (χ3n) is 3.95. The number of carbonyl (C=O) groups is 2. The van der Waals surface area contributed by atoms with E-state index in [0.717, 1.165) is 0 Å². The van der Waals surface area contributed by atoms with E-state index in [1.165, 1.54) is 17.0 Å². The van der Waals surface area contributed by atoms with Crippen molar-refractivity contribution >= 4 is 23.5 Å². The topological polar surface area (TPSA) is 112 Å². The largest absolute Gasteiger partial charge is 0.469 e. The average molecular weight is 371 g/mol. The number of aromatic nitrogens is 1. The fraction of sp³-hybridized carbons (Fsp3) is 0.278. The molecule has 0 aliphatic carbocycles. The first kappa shape index (κ1) is 18.3. The Hall–Kier alpha value is -3.49. The maximum Gasteiger partial charge on any atom is 0.366 e. The van der Waals surface area contributed by atoms with Gasteiger partial charge in [-0.1, -0.05) is 30.3 Å². The molecular formula is C18H17N3O6. The van der Waals surface area contributed by atoms with Crippen LogP contribution in [-0.4, -0.2) is 34.9 Å². The zero-order valence-electron chi connectivity index (χ0n) is 14.5. The second-order valence-electron chi connectivity index (χ2n) is 5.70. The molecule has 0 spiro atoms. The molecule has 0 saturated heterocycles. The molecule has 1 amide bonds. The molecule has 2 heterocycles. The predicted molar refractivity (Wildman–Crippen MR) is 94.3 cm³/mol. The number of amides is 1. The van der Waals surface area contributed by atoms with Gasteiger partial charge in [-0.2, -0.15) is 0 Å². The second-order valence-corrected chi connectivity index (χ2v) is 5.70. The van der Waals surface area contributed by atoms with Crippen LogP contribution in [0.5, 0.6) is 5.75 Å². The molecule has 0 N–H and O–H groups in total. The van der Waals surface area contributed by atoms with Crippen LogP contribution in [0.25, 0.3) is 0 Å². The fourth-order valence-corrected chi connectivity index (χ4v) is 2.73. The Morgan fingerprint density at radius 2 is 2.04 bits per heavy atom. The van der Waals surface area contributed by atoms with E-state index in [1.807, 2.05) is 6.07 Å². The molecule has 1 aliphatic heterocycles. The molecule has 0 fully saturated rings. The van der Waals surface area contributed by atoms with Crippen molar-refractivity contribution in [3.8, 4) is 5.75 Å². The van der Waals surface area contributed by atoms with Crippen LogP contribution in [-0.2, 0) is 14.3 Å². The minimum absolute atomic E-state index is 0.0191. The van der Waals surface area contributed by atoms with Crippen LogP contribution < -0.4 is 9.64 Å². The summed E-state index contributed by atoms with van der Waals surface area (Å²) in [4.78, 5) is 40.2. The van der Waals surface area contributed by atoms with Gasteiger partial charge in [0, 0.05) is 18.2 Å². The van der Waals surface area contributed by atoms with Gasteiger partial charge in [-0.25, -0.2) is 0 Å². The van der Waals surface area contributed by atoms with Crippen molar-refractivity contribution in [1.82, 2.24) is 4.98 Å². The van der Waals surface area contributed by atoms with Gasteiger partial charge in [0.1, 0.15) is 0 Å². The number of anilines is 1. The zero-order chi connectivity index (χ0) is 19.4. The van der Waals surface area contributed by atoms with Gasteiger partial charge >= 0.3 is 11.8 Å². The molecule has 1 aromatic heterocycles. The molecule has 1 unspecified atom stereocenters. The predicted octanol–water partition coefficient (Wildman–Crippen LogP) is 2.41. The van der Waals surface area contributed by atoms with Gasteiger partial charge in [-0.15, -0.1) is 0 Å². The molecular weight excluding hydrogens is 354 g/mol. The molecule has 1 aromatic carbocycles. The Bertz CT molecular complexity index is 871. The Balaban J connectivity index is 1.96. The lowest BCUT2D eigenvalue weighted by molar-refractivity contribution is -0.389. The number of rotatable bonds is 6. The number of benzene rings is 1. The van der Waals surface area contributed by atoms with E-state index in [2.05, 4.69) is 4.98 Å². The quantitative estimate of drug-likeness (QED) is 0.435. The molecule has 27 heavy (non-hydrogen) atoms. The summed E-state index contributed by atoms with van der Waals surface area (Å²) in [6.45, 7) is 1.89. The number of carbonyl (C=O) groups excluding carboxylic acids is 2. The van der Waals surface area contributed by atoms with Crippen molar-refractivity contribution in [2.75, 3.05) is 18.1 Å². The average Bonchev–Trinajstić information content (AvgIpc) is 2.67. The van der Waals surface area contributed by atoms with Crippen LogP contribution in [0.4, 0.5) is 11.6 Å². The Morgan fingerprint density at radius 1 is 1.30 bits per heavy atom. The number of ether oxygens (including phenoxy) is 2. The standard InChI is InChI=1S/C18H17N3O6/c1-2-26-15(22)10-11-20-17-13(8-9-14(19-17)21(24)25)27-16(18(20)23)12-6-4-3-5-7-12/h3-9,16H,2,10-11H2,1H3. The van der Waals surface area contributed by atoms with Crippen LogP contribution >= 0.6 is 0 Å². The lowest BCUT2D eigenvalue weighted by Gasteiger charge is -2.31. The maximum atomic E-state index is 13.0. The van der Waals surface area contributed by atoms with Crippen molar-refractivity contribution < 1.29 is 24.0 Å². The van der Waals surface area contributed by atoms with E-state index in [1.54, 1.807) is 31.2 Å². The first-order chi connectivity index (χ1) is 13.0. The van der Waals surface area contributed by atoms with Gasteiger partial charge in [-0.3, -0.25) is 14.5 Å². The number of nitro groups is 1. The molecule has 3 rings (SSSR count). The SMILES string of the molecule is CCOC(=O)CCN1C(=O)C(c2ccccc2)Oc2ccc([N+](=O)[O-])nc21. The summed E-state index contributed by atoms with van der Waals surface area (Å²) in [6, 6.07) is 11.5. The Morgan fingerprint density at radius 3 is 2.70 bits per heavy atom. The molecule has 2 aromatic rings. The monoisotopic (exact) mass is 371 g/mol. The lowest BCUT2D eigenvalue weighted by Crippen LogP contribution is -2.43. The number of nitrogens with zero attached hydrogens (tertiary/aromatic N) is 3. The van der Waals surface area contributed by atoms with E-state index in [4.69, 9.17) is 9.47 Å². The summed E-state index contributed by atoms with van der Waals surface area (Å²) >= 11 is 0. The lowest BCUT2D eigenvalue weighted by atomic mass is 10.1. The van der Waals surface area contributed by atoms with Crippen LogP contribution in [0.3, 0.4) is 0 Å². The van der Waals surface area contributed by atoms with Crippen LogP contribution in [0.15, 0.2) is 42.5 Å². The molecule has 1 atom stereocenters. The van der Waals surface area contributed by atoms with Crippen molar-refractivity contribution in [1.29, 1.82) is 0 Å². The first-order valence-electron chi connectivity index (χ1n) is 8.35. The highest BCUT2D eigenvalue weighted by Gasteiger charge is 2.39.